The fourth-order valence-electron chi connectivity index (χ4n) is 3.70. The van der Waals surface area contributed by atoms with Crippen molar-refractivity contribution in [2.75, 3.05) is 24.4 Å². The Bertz CT molecular complexity index is 809. The van der Waals surface area contributed by atoms with Gasteiger partial charge in [-0.3, -0.25) is 9.36 Å². The fraction of sp³-hybridized carbons (Fsp3) is 0.667. The van der Waals surface area contributed by atoms with Crippen molar-refractivity contribution in [3.63, 3.8) is 0 Å². The topological polar surface area (TPSA) is 44.1 Å². The molecule has 7 heteroatoms. The second-order valence-electron chi connectivity index (χ2n) is 6.68. The highest BCUT2D eigenvalue weighted by molar-refractivity contribution is 8.02. The van der Waals surface area contributed by atoms with Crippen molar-refractivity contribution < 1.29 is 4.74 Å². The van der Waals surface area contributed by atoms with E-state index in [1.54, 1.807) is 23.1 Å². The Balaban J connectivity index is 1.77. The van der Waals surface area contributed by atoms with E-state index in [2.05, 4.69) is 6.26 Å². The van der Waals surface area contributed by atoms with E-state index in [-0.39, 0.29) is 11.7 Å². The zero-order valence-electron chi connectivity index (χ0n) is 14.6. The summed E-state index contributed by atoms with van der Waals surface area (Å²) in [4.78, 5) is 20.6. The zero-order chi connectivity index (χ0) is 17.2. The summed E-state index contributed by atoms with van der Waals surface area (Å²) in [6, 6.07) is 0. The Hall–Kier alpha value is -0.500. The Labute approximate surface area is 160 Å². The van der Waals surface area contributed by atoms with Crippen LogP contribution < -0.4 is 5.56 Å². The molecule has 0 saturated carbocycles. The van der Waals surface area contributed by atoms with Crippen LogP contribution in [0.5, 0.6) is 0 Å². The molecule has 1 aliphatic heterocycles. The first-order valence-corrected chi connectivity index (χ1v) is 12.3. The average molecular weight is 397 g/mol. The maximum Gasteiger partial charge on any atom is 0.263 e. The van der Waals surface area contributed by atoms with Gasteiger partial charge in [0.2, 0.25) is 0 Å². The van der Waals surface area contributed by atoms with Gasteiger partial charge in [-0.1, -0.05) is 11.8 Å². The molecule has 0 aromatic carbocycles. The minimum Gasteiger partial charge on any atom is -0.376 e. The Morgan fingerprint density at radius 1 is 1.28 bits per heavy atom. The molecule has 4 nitrogen and oxygen atoms in total. The summed E-state index contributed by atoms with van der Waals surface area (Å²) in [6.07, 6.45) is 8.98. The molecule has 1 atom stereocenters. The van der Waals surface area contributed by atoms with Crippen molar-refractivity contribution in [3.8, 4) is 0 Å². The molecule has 4 rings (SSSR count). The highest BCUT2D eigenvalue weighted by Crippen LogP contribution is 2.35. The molecule has 0 radical (unpaired) electrons. The number of hydrogen-bond donors (Lipinski definition) is 0. The van der Waals surface area contributed by atoms with Crippen LogP contribution in [0.15, 0.2) is 9.95 Å². The first-order chi connectivity index (χ1) is 12.3. The second-order valence-corrected chi connectivity index (χ2v) is 9.81. The van der Waals surface area contributed by atoms with E-state index in [9.17, 15) is 4.79 Å². The highest BCUT2D eigenvalue weighted by Gasteiger charge is 2.24. The third kappa shape index (κ3) is 3.66. The van der Waals surface area contributed by atoms with Gasteiger partial charge in [-0.15, -0.1) is 11.3 Å². The second kappa shape index (κ2) is 8.03. The quantitative estimate of drug-likeness (QED) is 0.420. The number of aromatic nitrogens is 2. The molecule has 1 fully saturated rings. The van der Waals surface area contributed by atoms with E-state index >= 15 is 0 Å². The number of ether oxygens (including phenoxy) is 1. The molecular formula is C18H24N2O2S3. The van der Waals surface area contributed by atoms with E-state index < -0.39 is 0 Å². The van der Waals surface area contributed by atoms with Gasteiger partial charge >= 0.3 is 0 Å². The summed E-state index contributed by atoms with van der Waals surface area (Å²) in [5.41, 5.74) is 1.44. The number of hydrogen-bond acceptors (Lipinski definition) is 6. The van der Waals surface area contributed by atoms with Crippen LogP contribution in [0.3, 0.4) is 0 Å². The maximum absolute atomic E-state index is 13.4. The smallest absolute Gasteiger partial charge is 0.263 e. The normalized spacial score (nSPS) is 20.3. The standard InChI is InChI=1S/C18H24N2O2S3/c1-23-9-10-24-18-19-16-15(13-6-2-3-7-14(13)25-16)17(21)20(18)11-12-5-4-8-22-12/h12H,2-11H2,1H3/t12-/m0/s1. The van der Waals surface area contributed by atoms with Gasteiger partial charge in [-0.2, -0.15) is 11.8 Å². The summed E-state index contributed by atoms with van der Waals surface area (Å²) < 4.78 is 7.71. The van der Waals surface area contributed by atoms with Gasteiger partial charge in [0.25, 0.3) is 5.56 Å². The molecule has 2 aromatic rings. The third-order valence-electron chi connectivity index (χ3n) is 4.97. The van der Waals surface area contributed by atoms with E-state index in [1.807, 2.05) is 16.3 Å². The van der Waals surface area contributed by atoms with Gasteiger partial charge in [0.05, 0.1) is 18.0 Å². The van der Waals surface area contributed by atoms with Crippen LogP contribution in [-0.4, -0.2) is 40.0 Å². The van der Waals surface area contributed by atoms with Gasteiger partial charge in [-0.25, -0.2) is 4.98 Å². The van der Waals surface area contributed by atoms with E-state index in [1.165, 1.54) is 23.3 Å². The average Bonchev–Trinajstić information content (AvgIpc) is 3.25. The van der Waals surface area contributed by atoms with Gasteiger partial charge in [0.1, 0.15) is 4.83 Å². The van der Waals surface area contributed by atoms with Gasteiger partial charge < -0.3 is 4.74 Å². The van der Waals surface area contributed by atoms with Crippen molar-refractivity contribution >= 4 is 45.1 Å². The molecule has 0 spiro atoms. The molecule has 0 bridgehead atoms. The lowest BCUT2D eigenvalue weighted by molar-refractivity contribution is 0.0937. The molecule has 136 valence electrons. The highest BCUT2D eigenvalue weighted by atomic mass is 32.2. The van der Waals surface area contributed by atoms with Crippen molar-refractivity contribution in [2.24, 2.45) is 0 Å². The van der Waals surface area contributed by atoms with Crippen LogP contribution in [0.2, 0.25) is 0 Å². The van der Waals surface area contributed by atoms with Gasteiger partial charge in [0, 0.05) is 23.0 Å². The SMILES string of the molecule is CSCCSc1nc2sc3c(c2c(=O)n1C[C@@H]1CCCO1)CCCC3. The summed E-state index contributed by atoms with van der Waals surface area (Å²) >= 11 is 5.29. The molecular weight excluding hydrogens is 372 g/mol. The first-order valence-electron chi connectivity index (χ1n) is 9.06. The van der Waals surface area contributed by atoms with Crippen molar-refractivity contribution in [2.45, 2.75) is 56.3 Å². The van der Waals surface area contributed by atoms with Crippen LogP contribution in [0.1, 0.15) is 36.1 Å². The van der Waals surface area contributed by atoms with E-state index in [0.717, 1.165) is 59.2 Å². The van der Waals surface area contributed by atoms with E-state index in [0.29, 0.717) is 6.54 Å². The van der Waals surface area contributed by atoms with Crippen LogP contribution >= 0.6 is 34.9 Å². The number of aryl methyl sites for hydroxylation is 2. The summed E-state index contributed by atoms with van der Waals surface area (Å²) in [5.74, 6) is 2.05. The van der Waals surface area contributed by atoms with Crippen molar-refractivity contribution in [1.82, 2.24) is 9.55 Å². The summed E-state index contributed by atoms with van der Waals surface area (Å²) in [6.45, 7) is 1.46. The molecule has 0 N–H and O–H groups in total. The fourth-order valence-corrected chi connectivity index (χ4v) is 6.66. The molecule has 1 saturated heterocycles. The van der Waals surface area contributed by atoms with E-state index in [4.69, 9.17) is 9.72 Å². The van der Waals surface area contributed by atoms with Crippen LogP contribution in [0, 0.1) is 0 Å². The lowest BCUT2D eigenvalue weighted by Gasteiger charge is -2.16. The Kier molecular flexibility index (Phi) is 5.74. The van der Waals surface area contributed by atoms with Gasteiger partial charge in [-0.05, 0) is 50.3 Å². The lowest BCUT2D eigenvalue weighted by Crippen LogP contribution is -2.29. The summed E-state index contributed by atoms with van der Waals surface area (Å²) in [5, 5.41) is 1.77. The van der Waals surface area contributed by atoms with Crippen molar-refractivity contribution in [1.29, 1.82) is 0 Å². The zero-order valence-corrected chi connectivity index (χ0v) is 17.0. The monoisotopic (exact) mass is 396 g/mol. The molecule has 0 unspecified atom stereocenters. The molecule has 3 heterocycles. The number of rotatable bonds is 6. The Morgan fingerprint density at radius 2 is 2.16 bits per heavy atom. The predicted molar refractivity (Wildman–Crippen MR) is 109 cm³/mol. The molecule has 2 aromatic heterocycles. The lowest BCUT2D eigenvalue weighted by atomic mass is 9.97. The number of thioether (sulfide) groups is 2. The van der Waals surface area contributed by atoms with Crippen LogP contribution in [0.4, 0.5) is 0 Å². The molecule has 0 amide bonds. The predicted octanol–water partition coefficient (Wildman–Crippen LogP) is 3.97. The number of fused-ring (bicyclic) bond motifs is 3. The third-order valence-corrected chi connectivity index (χ3v) is 8.00. The summed E-state index contributed by atoms with van der Waals surface area (Å²) in [7, 11) is 0. The first kappa shape index (κ1) is 17.9. The maximum atomic E-state index is 13.4. The molecule has 1 aliphatic carbocycles. The van der Waals surface area contributed by atoms with Crippen LogP contribution in [-0.2, 0) is 24.1 Å². The number of thiophene rings is 1. The van der Waals surface area contributed by atoms with Crippen LogP contribution in [0.25, 0.3) is 10.2 Å². The number of nitrogens with zero attached hydrogens (tertiary/aromatic N) is 2. The Morgan fingerprint density at radius 3 is 2.96 bits per heavy atom. The minimum atomic E-state index is 0.159. The molecule has 2 aliphatic rings. The molecule has 25 heavy (non-hydrogen) atoms. The van der Waals surface area contributed by atoms with Crippen molar-refractivity contribution in [3.05, 3.63) is 20.8 Å². The largest absolute Gasteiger partial charge is 0.376 e. The van der Waals surface area contributed by atoms with Gasteiger partial charge in [0.15, 0.2) is 5.16 Å². The minimum absolute atomic E-state index is 0.159.